The fourth-order valence-corrected chi connectivity index (χ4v) is 1.75. The van der Waals surface area contributed by atoms with E-state index in [0.29, 0.717) is 22.2 Å². The summed E-state index contributed by atoms with van der Waals surface area (Å²) in [6, 6.07) is 5.06. The molecule has 0 aliphatic heterocycles. The first kappa shape index (κ1) is 17.6. The molecule has 0 aliphatic carbocycles. The fourth-order valence-electron chi connectivity index (χ4n) is 1.41. The topological polar surface area (TPSA) is 61.8 Å². The summed E-state index contributed by atoms with van der Waals surface area (Å²) >= 11 is 11.8. The van der Waals surface area contributed by atoms with Crippen molar-refractivity contribution in [2.75, 3.05) is 19.8 Å². The summed E-state index contributed by atoms with van der Waals surface area (Å²) in [6.07, 6.45) is 0.572. The van der Waals surface area contributed by atoms with Crippen molar-refractivity contribution in [2.45, 2.75) is 19.8 Å². The van der Waals surface area contributed by atoms with E-state index in [-0.39, 0.29) is 26.2 Å². The molecule has 0 heterocycles. The molecule has 0 saturated heterocycles. The van der Waals surface area contributed by atoms with Gasteiger partial charge in [-0.3, -0.25) is 4.79 Å². The number of hydrogen-bond acceptors (Lipinski definition) is 5. The maximum atomic E-state index is 11.4. The minimum Gasteiger partial charge on any atom is -0.492 e. The summed E-state index contributed by atoms with van der Waals surface area (Å²) in [5.41, 5.74) is 0. The molecule has 0 bridgehead atoms. The SMILES string of the molecule is CCOC(=O)COC(=O)CCCOc1cccc(Cl)c1Cl. The third kappa shape index (κ3) is 6.69. The van der Waals surface area contributed by atoms with E-state index < -0.39 is 11.9 Å². The van der Waals surface area contributed by atoms with Crippen LogP contribution in [0.25, 0.3) is 0 Å². The second kappa shape index (κ2) is 9.47. The molecular formula is C14H16Cl2O5. The number of esters is 2. The van der Waals surface area contributed by atoms with E-state index in [2.05, 4.69) is 4.74 Å². The van der Waals surface area contributed by atoms with E-state index in [1.807, 2.05) is 0 Å². The van der Waals surface area contributed by atoms with Crippen LogP contribution in [0.15, 0.2) is 18.2 Å². The summed E-state index contributed by atoms with van der Waals surface area (Å²) in [4.78, 5) is 22.3. The van der Waals surface area contributed by atoms with Crippen LogP contribution in [0.5, 0.6) is 5.75 Å². The van der Waals surface area contributed by atoms with E-state index in [1.165, 1.54) is 0 Å². The lowest BCUT2D eigenvalue weighted by molar-refractivity contribution is -0.158. The molecular weight excluding hydrogens is 319 g/mol. The van der Waals surface area contributed by atoms with Gasteiger partial charge in [0.2, 0.25) is 0 Å². The van der Waals surface area contributed by atoms with E-state index in [0.717, 1.165) is 0 Å². The molecule has 0 amide bonds. The highest BCUT2D eigenvalue weighted by atomic mass is 35.5. The molecule has 0 spiro atoms. The summed E-state index contributed by atoms with van der Waals surface area (Å²) in [5, 5.41) is 0.743. The van der Waals surface area contributed by atoms with Crippen LogP contribution in [-0.2, 0) is 19.1 Å². The lowest BCUT2D eigenvalue weighted by atomic mass is 10.3. The Bertz CT molecular complexity index is 490. The first-order chi connectivity index (χ1) is 10.0. The van der Waals surface area contributed by atoms with Crippen LogP contribution >= 0.6 is 23.2 Å². The maximum absolute atomic E-state index is 11.4. The third-order valence-corrected chi connectivity index (χ3v) is 3.16. The molecule has 0 saturated carbocycles. The van der Waals surface area contributed by atoms with Crippen LogP contribution in [0.1, 0.15) is 19.8 Å². The Hall–Kier alpha value is -1.46. The number of carbonyl (C=O) groups excluding carboxylic acids is 2. The number of hydrogen-bond donors (Lipinski definition) is 0. The maximum Gasteiger partial charge on any atom is 0.344 e. The first-order valence-electron chi connectivity index (χ1n) is 6.42. The summed E-state index contributed by atoms with van der Waals surface area (Å²) in [5.74, 6) is -0.583. The second-order valence-corrected chi connectivity index (χ2v) is 4.75. The molecule has 0 aromatic heterocycles. The minimum absolute atomic E-state index is 0.136. The van der Waals surface area contributed by atoms with Crippen molar-refractivity contribution in [2.24, 2.45) is 0 Å². The highest BCUT2D eigenvalue weighted by Gasteiger charge is 2.09. The van der Waals surface area contributed by atoms with Gasteiger partial charge in [0.05, 0.1) is 18.2 Å². The van der Waals surface area contributed by atoms with Gasteiger partial charge in [0.25, 0.3) is 0 Å². The van der Waals surface area contributed by atoms with Gasteiger partial charge < -0.3 is 14.2 Å². The Balaban J connectivity index is 2.20. The van der Waals surface area contributed by atoms with Gasteiger partial charge in [-0.2, -0.15) is 0 Å². The Kier molecular flexibility index (Phi) is 7.93. The quantitative estimate of drug-likeness (QED) is 0.539. The van der Waals surface area contributed by atoms with E-state index >= 15 is 0 Å². The van der Waals surface area contributed by atoms with Crippen LogP contribution in [0.3, 0.4) is 0 Å². The van der Waals surface area contributed by atoms with Crippen LogP contribution in [-0.4, -0.2) is 31.8 Å². The molecule has 1 rings (SSSR count). The number of benzene rings is 1. The lowest BCUT2D eigenvalue weighted by Crippen LogP contribution is -2.16. The van der Waals surface area contributed by atoms with Crippen molar-refractivity contribution in [1.29, 1.82) is 0 Å². The normalized spacial score (nSPS) is 10.0. The second-order valence-electron chi connectivity index (χ2n) is 3.97. The average molecular weight is 335 g/mol. The third-order valence-electron chi connectivity index (χ3n) is 2.36. The zero-order chi connectivity index (χ0) is 15.7. The lowest BCUT2D eigenvalue weighted by Gasteiger charge is -2.08. The molecule has 21 heavy (non-hydrogen) atoms. The molecule has 0 unspecified atom stereocenters. The van der Waals surface area contributed by atoms with Crippen molar-refractivity contribution < 1.29 is 23.8 Å². The number of rotatable bonds is 8. The van der Waals surface area contributed by atoms with Gasteiger partial charge in [-0.15, -0.1) is 0 Å². The van der Waals surface area contributed by atoms with Crippen molar-refractivity contribution in [3.8, 4) is 5.75 Å². The molecule has 0 atom stereocenters. The number of halogens is 2. The van der Waals surface area contributed by atoms with Crippen molar-refractivity contribution in [3.05, 3.63) is 28.2 Å². The molecule has 1 aromatic rings. The highest BCUT2D eigenvalue weighted by Crippen LogP contribution is 2.31. The average Bonchev–Trinajstić information content (AvgIpc) is 2.46. The van der Waals surface area contributed by atoms with Crippen molar-refractivity contribution in [1.82, 2.24) is 0 Å². The van der Waals surface area contributed by atoms with Crippen LogP contribution in [0.2, 0.25) is 10.0 Å². The number of carbonyl (C=O) groups is 2. The van der Waals surface area contributed by atoms with Gasteiger partial charge in [0.1, 0.15) is 10.8 Å². The van der Waals surface area contributed by atoms with Gasteiger partial charge in [-0.25, -0.2) is 4.79 Å². The Morgan fingerprint density at radius 1 is 1.14 bits per heavy atom. The number of ether oxygens (including phenoxy) is 3. The van der Waals surface area contributed by atoms with Crippen molar-refractivity contribution in [3.63, 3.8) is 0 Å². The monoisotopic (exact) mass is 334 g/mol. The Morgan fingerprint density at radius 2 is 1.90 bits per heavy atom. The van der Waals surface area contributed by atoms with Gasteiger partial charge in [-0.1, -0.05) is 29.3 Å². The molecule has 0 fully saturated rings. The van der Waals surface area contributed by atoms with Crippen LogP contribution < -0.4 is 4.74 Å². The molecule has 1 aromatic carbocycles. The van der Waals surface area contributed by atoms with Gasteiger partial charge in [-0.05, 0) is 25.5 Å². The first-order valence-corrected chi connectivity index (χ1v) is 7.18. The summed E-state index contributed by atoms with van der Waals surface area (Å²) < 4.78 is 14.8. The zero-order valence-corrected chi connectivity index (χ0v) is 13.1. The van der Waals surface area contributed by atoms with E-state index in [1.54, 1.807) is 25.1 Å². The van der Waals surface area contributed by atoms with Gasteiger partial charge in [0.15, 0.2) is 6.61 Å². The molecule has 0 radical (unpaired) electrons. The predicted octanol–water partition coefficient (Wildman–Crippen LogP) is 3.26. The van der Waals surface area contributed by atoms with Crippen LogP contribution in [0, 0.1) is 0 Å². The van der Waals surface area contributed by atoms with E-state index in [4.69, 9.17) is 32.7 Å². The molecule has 5 nitrogen and oxygen atoms in total. The van der Waals surface area contributed by atoms with Crippen LogP contribution in [0.4, 0.5) is 0 Å². The minimum atomic E-state index is -0.562. The predicted molar refractivity (Wildman–Crippen MR) is 78.8 cm³/mol. The summed E-state index contributed by atoms with van der Waals surface area (Å²) in [7, 11) is 0. The highest BCUT2D eigenvalue weighted by molar-refractivity contribution is 6.42. The fraction of sp³-hybridized carbons (Fsp3) is 0.429. The molecule has 0 aliphatic rings. The van der Waals surface area contributed by atoms with Gasteiger partial charge >= 0.3 is 11.9 Å². The largest absolute Gasteiger partial charge is 0.492 e. The summed E-state index contributed by atoms with van der Waals surface area (Å²) in [6.45, 7) is 1.85. The molecule has 116 valence electrons. The Labute approximate surface area is 133 Å². The smallest absolute Gasteiger partial charge is 0.344 e. The van der Waals surface area contributed by atoms with E-state index in [9.17, 15) is 9.59 Å². The van der Waals surface area contributed by atoms with Gasteiger partial charge in [0, 0.05) is 6.42 Å². The molecule has 7 heteroatoms. The molecule has 0 N–H and O–H groups in total. The Morgan fingerprint density at radius 3 is 2.62 bits per heavy atom. The standard InChI is InChI=1S/C14H16Cl2O5/c1-2-19-13(18)9-21-12(17)7-4-8-20-11-6-3-5-10(15)14(11)16/h3,5-6H,2,4,7-9H2,1H3. The van der Waals surface area contributed by atoms with Crippen molar-refractivity contribution >= 4 is 35.1 Å². The zero-order valence-electron chi connectivity index (χ0n) is 11.6.